The van der Waals surface area contributed by atoms with Crippen molar-refractivity contribution in [3.63, 3.8) is 0 Å². The molecule has 1 atom stereocenters. The molecule has 2 aromatic heterocycles. The normalized spacial score (nSPS) is 17.7. The van der Waals surface area contributed by atoms with E-state index in [9.17, 15) is 4.79 Å². The van der Waals surface area contributed by atoms with E-state index in [0.29, 0.717) is 18.8 Å². The highest BCUT2D eigenvalue weighted by Gasteiger charge is 2.27. The molecule has 2 aromatic rings. The summed E-state index contributed by atoms with van der Waals surface area (Å²) in [6.45, 7) is 8.05. The van der Waals surface area contributed by atoms with Gasteiger partial charge in [0.2, 0.25) is 0 Å². The maximum Gasteiger partial charge on any atom is 0.271 e. The average molecular weight is 348 g/mol. The van der Waals surface area contributed by atoms with Gasteiger partial charge in [-0.2, -0.15) is 0 Å². The second kappa shape index (κ2) is 7.46. The van der Waals surface area contributed by atoms with Gasteiger partial charge in [0.15, 0.2) is 0 Å². The van der Waals surface area contributed by atoms with Crippen molar-refractivity contribution in [2.24, 2.45) is 0 Å². The molecule has 0 fully saturated rings. The van der Waals surface area contributed by atoms with Crippen LogP contribution in [0.3, 0.4) is 0 Å². The number of ether oxygens (including phenoxy) is 1. The molecule has 0 aliphatic carbocycles. The number of carbonyl (C=O) groups is 1. The minimum atomic E-state index is -0.137. The highest BCUT2D eigenvalue weighted by Crippen LogP contribution is 2.28. The molecule has 0 radical (unpaired) electrons. The van der Waals surface area contributed by atoms with Gasteiger partial charge in [-0.1, -0.05) is 0 Å². The first kappa shape index (κ1) is 17.1. The van der Waals surface area contributed by atoms with Gasteiger partial charge in [0, 0.05) is 49.2 Å². The number of amides is 1. The number of methoxy groups -OCH3 is 1. The Balaban J connectivity index is 1.68. The zero-order valence-electron chi connectivity index (χ0n) is 14.4. The molecule has 0 saturated carbocycles. The van der Waals surface area contributed by atoms with Gasteiger partial charge in [0.1, 0.15) is 11.5 Å². The second-order valence-electron chi connectivity index (χ2n) is 6.09. The molecule has 1 aliphatic heterocycles. The molecule has 0 saturated heterocycles. The standard InChI is InChI=1S/C17H24N4O2S/c1-12-4-5-14(24-12)10-20-7-8-21-11-15(19-16(21)13(20)2)17(22)18-6-9-23-3/h4-5,11,13H,6-10H2,1-3H3,(H,18,22)/t13-/m1/s1. The lowest BCUT2D eigenvalue weighted by atomic mass is 10.2. The summed E-state index contributed by atoms with van der Waals surface area (Å²) in [5.74, 6) is 0.827. The van der Waals surface area contributed by atoms with Gasteiger partial charge in [0.05, 0.1) is 12.6 Å². The van der Waals surface area contributed by atoms with E-state index in [1.165, 1.54) is 9.75 Å². The molecule has 0 spiro atoms. The van der Waals surface area contributed by atoms with Crippen LogP contribution in [-0.4, -0.2) is 47.2 Å². The number of rotatable bonds is 6. The van der Waals surface area contributed by atoms with E-state index in [1.54, 1.807) is 7.11 Å². The Kier molecular flexibility index (Phi) is 5.33. The topological polar surface area (TPSA) is 59.4 Å². The SMILES string of the molecule is COCCNC(=O)c1cn2c(n1)[C@@H](C)N(Cc1ccc(C)s1)CC2. The molecular weight excluding hydrogens is 324 g/mol. The van der Waals surface area contributed by atoms with Crippen LogP contribution < -0.4 is 5.32 Å². The van der Waals surface area contributed by atoms with Crippen LogP contribution in [0, 0.1) is 6.92 Å². The molecule has 6 nitrogen and oxygen atoms in total. The summed E-state index contributed by atoms with van der Waals surface area (Å²) in [6, 6.07) is 4.56. The number of carbonyl (C=O) groups excluding carboxylic acids is 1. The first-order valence-electron chi connectivity index (χ1n) is 8.22. The van der Waals surface area contributed by atoms with Crippen LogP contribution in [-0.2, 0) is 17.8 Å². The number of hydrogen-bond acceptors (Lipinski definition) is 5. The molecule has 0 bridgehead atoms. The Hall–Kier alpha value is -1.70. The molecular formula is C17H24N4O2S. The number of fused-ring (bicyclic) bond motifs is 1. The summed E-state index contributed by atoms with van der Waals surface area (Å²) < 4.78 is 7.06. The van der Waals surface area contributed by atoms with Crippen LogP contribution in [0.5, 0.6) is 0 Å². The summed E-state index contributed by atoms with van der Waals surface area (Å²) >= 11 is 1.84. The van der Waals surface area contributed by atoms with Crippen LogP contribution in [0.4, 0.5) is 0 Å². The predicted octanol–water partition coefficient (Wildman–Crippen LogP) is 2.21. The van der Waals surface area contributed by atoms with E-state index in [0.717, 1.165) is 25.5 Å². The first-order chi connectivity index (χ1) is 11.6. The second-order valence-corrected chi connectivity index (χ2v) is 7.46. The summed E-state index contributed by atoms with van der Waals surface area (Å²) in [5, 5.41) is 2.83. The average Bonchev–Trinajstić information content (AvgIpc) is 3.17. The molecule has 130 valence electrons. The number of aryl methyl sites for hydroxylation is 1. The van der Waals surface area contributed by atoms with Crippen molar-refractivity contribution in [1.82, 2.24) is 19.8 Å². The van der Waals surface area contributed by atoms with Crippen molar-refractivity contribution in [2.45, 2.75) is 33.0 Å². The van der Waals surface area contributed by atoms with Gasteiger partial charge in [0.25, 0.3) is 5.91 Å². The van der Waals surface area contributed by atoms with Crippen molar-refractivity contribution in [1.29, 1.82) is 0 Å². The zero-order chi connectivity index (χ0) is 17.1. The smallest absolute Gasteiger partial charge is 0.271 e. The quantitative estimate of drug-likeness (QED) is 0.813. The molecule has 0 unspecified atom stereocenters. The van der Waals surface area contributed by atoms with Crippen molar-refractivity contribution in [2.75, 3.05) is 26.8 Å². The van der Waals surface area contributed by atoms with Crippen LogP contribution in [0.2, 0.25) is 0 Å². The Bertz CT molecular complexity index is 709. The summed E-state index contributed by atoms with van der Waals surface area (Å²) in [4.78, 5) is 21.9. The zero-order valence-corrected chi connectivity index (χ0v) is 15.2. The van der Waals surface area contributed by atoms with E-state index in [2.05, 4.69) is 45.7 Å². The number of hydrogen-bond donors (Lipinski definition) is 1. The van der Waals surface area contributed by atoms with Crippen molar-refractivity contribution in [3.05, 3.63) is 39.6 Å². The van der Waals surface area contributed by atoms with E-state index in [4.69, 9.17) is 4.74 Å². The lowest BCUT2D eigenvalue weighted by molar-refractivity contribution is 0.0932. The van der Waals surface area contributed by atoms with Crippen molar-refractivity contribution < 1.29 is 9.53 Å². The molecule has 3 heterocycles. The van der Waals surface area contributed by atoms with Crippen LogP contribution >= 0.6 is 11.3 Å². The van der Waals surface area contributed by atoms with Gasteiger partial charge in [-0.3, -0.25) is 9.69 Å². The molecule has 1 amide bonds. The third kappa shape index (κ3) is 3.68. The van der Waals surface area contributed by atoms with E-state index < -0.39 is 0 Å². The van der Waals surface area contributed by atoms with Gasteiger partial charge >= 0.3 is 0 Å². The fourth-order valence-electron chi connectivity index (χ4n) is 2.99. The third-order valence-corrected chi connectivity index (χ3v) is 5.32. The Morgan fingerprint density at radius 1 is 1.46 bits per heavy atom. The van der Waals surface area contributed by atoms with Crippen LogP contribution in [0.25, 0.3) is 0 Å². The third-order valence-electron chi connectivity index (χ3n) is 4.34. The lowest BCUT2D eigenvalue weighted by Gasteiger charge is -2.33. The molecule has 0 aromatic carbocycles. The lowest BCUT2D eigenvalue weighted by Crippen LogP contribution is -2.36. The van der Waals surface area contributed by atoms with Gasteiger partial charge in [-0.05, 0) is 26.0 Å². The highest BCUT2D eigenvalue weighted by molar-refractivity contribution is 7.11. The number of imidazole rings is 1. The van der Waals surface area contributed by atoms with E-state index in [1.807, 2.05) is 17.5 Å². The molecule has 24 heavy (non-hydrogen) atoms. The van der Waals surface area contributed by atoms with Gasteiger partial charge in [-0.25, -0.2) is 4.98 Å². The van der Waals surface area contributed by atoms with Gasteiger partial charge in [-0.15, -0.1) is 11.3 Å². The summed E-state index contributed by atoms with van der Waals surface area (Å²) in [7, 11) is 1.62. The van der Waals surface area contributed by atoms with Gasteiger partial charge < -0.3 is 14.6 Å². The van der Waals surface area contributed by atoms with Crippen molar-refractivity contribution in [3.8, 4) is 0 Å². The highest BCUT2D eigenvalue weighted by atomic mass is 32.1. The molecule has 1 aliphatic rings. The first-order valence-corrected chi connectivity index (χ1v) is 9.03. The summed E-state index contributed by atoms with van der Waals surface area (Å²) in [5.41, 5.74) is 0.488. The van der Waals surface area contributed by atoms with Crippen molar-refractivity contribution >= 4 is 17.2 Å². The minimum Gasteiger partial charge on any atom is -0.383 e. The van der Waals surface area contributed by atoms with E-state index >= 15 is 0 Å². The Morgan fingerprint density at radius 2 is 2.29 bits per heavy atom. The fourth-order valence-corrected chi connectivity index (χ4v) is 3.90. The maximum atomic E-state index is 12.2. The summed E-state index contributed by atoms with van der Waals surface area (Å²) in [6.07, 6.45) is 1.86. The number of nitrogens with one attached hydrogen (secondary N) is 1. The van der Waals surface area contributed by atoms with E-state index in [-0.39, 0.29) is 11.9 Å². The van der Waals surface area contributed by atoms with Crippen LogP contribution in [0.15, 0.2) is 18.3 Å². The minimum absolute atomic E-state index is 0.137. The molecule has 3 rings (SSSR count). The maximum absolute atomic E-state index is 12.2. The molecule has 7 heteroatoms. The predicted molar refractivity (Wildman–Crippen MR) is 94.3 cm³/mol. The largest absolute Gasteiger partial charge is 0.383 e. The number of nitrogens with zero attached hydrogens (tertiary/aromatic N) is 3. The Morgan fingerprint density at radius 3 is 3.00 bits per heavy atom. The Labute approximate surface area is 146 Å². The molecule has 1 N–H and O–H groups in total. The fraction of sp³-hybridized carbons (Fsp3) is 0.529. The number of aromatic nitrogens is 2. The monoisotopic (exact) mass is 348 g/mol. The number of thiophene rings is 1. The van der Waals surface area contributed by atoms with Crippen LogP contribution in [0.1, 0.15) is 39.0 Å².